The van der Waals surface area contributed by atoms with Crippen molar-refractivity contribution in [2.24, 2.45) is 5.14 Å². The van der Waals surface area contributed by atoms with Crippen molar-refractivity contribution < 1.29 is 26.3 Å². The standard InChI is InChI=1S/C8H5F6NS/c9-7(10,11)4-2-1-3-5(6(4)16-15)8(12,13)14/h1-3H,15H2. The molecule has 1 nitrogen and oxygen atoms in total. The van der Waals surface area contributed by atoms with Crippen LogP contribution in [0.15, 0.2) is 23.1 Å². The molecule has 0 atom stereocenters. The van der Waals surface area contributed by atoms with Crippen molar-refractivity contribution >= 4 is 11.9 Å². The lowest BCUT2D eigenvalue weighted by Crippen LogP contribution is -2.14. The average Bonchev–Trinajstić information content (AvgIpc) is 2.13. The van der Waals surface area contributed by atoms with Crippen LogP contribution in [0.1, 0.15) is 11.1 Å². The van der Waals surface area contributed by atoms with E-state index in [0.29, 0.717) is 18.2 Å². The van der Waals surface area contributed by atoms with E-state index >= 15 is 0 Å². The Balaban J connectivity index is 3.45. The van der Waals surface area contributed by atoms with E-state index < -0.39 is 28.4 Å². The van der Waals surface area contributed by atoms with Gasteiger partial charge in [-0.15, -0.1) is 0 Å². The third-order valence-corrected chi connectivity index (χ3v) is 2.42. The van der Waals surface area contributed by atoms with Gasteiger partial charge in [-0.1, -0.05) is 6.07 Å². The van der Waals surface area contributed by atoms with Crippen LogP contribution in [0, 0.1) is 0 Å². The molecule has 1 aromatic rings. The Kier molecular flexibility index (Phi) is 3.44. The number of benzene rings is 1. The first-order valence-electron chi connectivity index (χ1n) is 3.82. The van der Waals surface area contributed by atoms with Crippen molar-refractivity contribution in [3.63, 3.8) is 0 Å². The molecule has 0 saturated heterocycles. The lowest BCUT2D eigenvalue weighted by molar-refractivity contribution is -0.147. The summed E-state index contributed by atoms with van der Waals surface area (Å²) in [5, 5.41) is 4.86. The molecule has 90 valence electrons. The zero-order valence-electron chi connectivity index (χ0n) is 7.49. The van der Waals surface area contributed by atoms with E-state index in [9.17, 15) is 26.3 Å². The van der Waals surface area contributed by atoms with Crippen LogP contribution >= 0.6 is 11.9 Å². The second-order valence-electron chi connectivity index (χ2n) is 2.80. The van der Waals surface area contributed by atoms with Gasteiger partial charge in [-0.2, -0.15) is 26.3 Å². The van der Waals surface area contributed by atoms with Gasteiger partial charge in [0.1, 0.15) is 0 Å². The minimum atomic E-state index is -4.86. The molecule has 1 aromatic carbocycles. The van der Waals surface area contributed by atoms with Crippen molar-refractivity contribution in [2.75, 3.05) is 0 Å². The van der Waals surface area contributed by atoms with Crippen LogP contribution < -0.4 is 5.14 Å². The van der Waals surface area contributed by atoms with Crippen LogP contribution in [0.4, 0.5) is 26.3 Å². The lowest BCUT2D eigenvalue weighted by atomic mass is 10.1. The van der Waals surface area contributed by atoms with E-state index in [0.717, 1.165) is 0 Å². The molecule has 0 heterocycles. The summed E-state index contributed by atoms with van der Waals surface area (Å²) in [4.78, 5) is -1.01. The minimum absolute atomic E-state index is 0.0642. The zero-order chi connectivity index (χ0) is 12.6. The largest absolute Gasteiger partial charge is 0.417 e. The highest BCUT2D eigenvalue weighted by atomic mass is 32.2. The van der Waals surface area contributed by atoms with Gasteiger partial charge in [0, 0.05) is 4.90 Å². The van der Waals surface area contributed by atoms with Crippen molar-refractivity contribution in [3.8, 4) is 0 Å². The molecule has 1 rings (SSSR count). The maximum Gasteiger partial charge on any atom is 0.417 e. The Labute approximate surface area is 90.8 Å². The maximum atomic E-state index is 12.4. The number of hydrogen-bond acceptors (Lipinski definition) is 2. The molecule has 0 bridgehead atoms. The summed E-state index contributed by atoms with van der Waals surface area (Å²) in [5.74, 6) is 0. The topological polar surface area (TPSA) is 26.0 Å². The van der Waals surface area contributed by atoms with Gasteiger partial charge in [0.2, 0.25) is 0 Å². The Morgan fingerprint density at radius 2 is 1.25 bits per heavy atom. The minimum Gasteiger partial charge on any atom is -0.274 e. The van der Waals surface area contributed by atoms with Crippen LogP contribution in [0.3, 0.4) is 0 Å². The summed E-state index contributed by atoms with van der Waals surface area (Å²) in [6, 6.07) is 1.82. The van der Waals surface area contributed by atoms with Gasteiger partial charge in [0.25, 0.3) is 0 Å². The summed E-state index contributed by atoms with van der Waals surface area (Å²) in [6.07, 6.45) is -9.72. The SMILES string of the molecule is NSc1c(C(F)(F)F)cccc1C(F)(F)F. The van der Waals surface area contributed by atoms with Gasteiger partial charge >= 0.3 is 12.4 Å². The first kappa shape index (κ1) is 13.2. The van der Waals surface area contributed by atoms with E-state index in [1.807, 2.05) is 0 Å². The second kappa shape index (κ2) is 4.17. The molecule has 16 heavy (non-hydrogen) atoms. The maximum absolute atomic E-state index is 12.4. The molecule has 0 aliphatic rings. The quantitative estimate of drug-likeness (QED) is 0.616. The fourth-order valence-corrected chi connectivity index (χ4v) is 1.73. The summed E-state index contributed by atoms with van der Waals surface area (Å²) in [5.41, 5.74) is -2.76. The molecule has 0 aromatic heterocycles. The van der Waals surface area contributed by atoms with Crippen molar-refractivity contribution in [3.05, 3.63) is 29.3 Å². The summed E-state index contributed by atoms with van der Waals surface area (Å²) in [6.45, 7) is 0. The molecule has 0 aliphatic heterocycles. The molecule has 0 unspecified atom stereocenters. The average molecular weight is 261 g/mol. The molecule has 0 saturated carbocycles. The Hall–Kier alpha value is -0.890. The Morgan fingerprint density at radius 3 is 1.50 bits per heavy atom. The molecule has 0 spiro atoms. The van der Waals surface area contributed by atoms with Gasteiger partial charge in [0.15, 0.2) is 0 Å². The van der Waals surface area contributed by atoms with Gasteiger partial charge in [-0.05, 0) is 24.1 Å². The summed E-state index contributed by atoms with van der Waals surface area (Å²) in [7, 11) is 0. The van der Waals surface area contributed by atoms with Crippen LogP contribution in [0.25, 0.3) is 0 Å². The number of nitrogens with two attached hydrogens (primary N) is 1. The van der Waals surface area contributed by atoms with Crippen LogP contribution in [0.2, 0.25) is 0 Å². The van der Waals surface area contributed by atoms with Gasteiger partial charge in [-0.3, -0.25) is 5.14 Å². The smallest absolute Gasteiger partial charge is 0.274 e. The number of rotatable bonds is 1. The molecule has 0 radical (unpaired) electrons. The molecule has 0 amide bonds. The third-order valence-electron chi connectivity index (χ3n) is 1.74. The summed E-state index contributed by atoms with van der Waals surface area (Å²) < 4.78 is 74.2. The predicted octanol–water partition coefficient (Wildman–Crippen LogP) is 3.69. The number of alkyl halides is 6. The second-order valence-corrected chi connectivity index (χ2v) is 3.44. The van der Waals surface area contributed by atoms with E-state index in [4.69, 9.17) is 5.14 Å². The number of halogens is 6. The van der Waals surface area contributed by atoms with E-state index in [1.165, 1.54) is 0 Å². The molecule has 8 heteroatoms. The third kappa shape index (κ3) is 2.62. The highest BCUT2D eigenvalue weighted by Gasteiger charge is 2.40. The van der Waals surface area contributed by atoms with Crippen LogP contribution in [-0.4, -0.2) is 0 Å². The first-order valence-corrected chi connectivity index (χ1v) is 4.70. The Bertz CT molecular complexity index is 351. The van der Waals surface area contributed by atoms with Gasteiger partial charge in [0.05, 0.1) is 11.1 Å². The number of hydrogen-bond donors (Lipinski definition) is 1. The highest BCUT2D eigenvalue weighted by molar-refractivity contribution is 7.97. The van der Waals surface area contributed by atoms with Gasteiger partial charge < -0.3 is 0 Å². The molecule has 2 N–H and O–H groups in total. The highest BCUT2D eigenvalue weighted by Crippen LogP contribution is 2.42. The fourth-order valence-electron chi connectivity index (χ4n) is 1.11. The first-order chi connectivity index (χ1) is 7.18. The van der Waals surface area contributed by atoms with E-state index in [1.54, 1.807) is 0 Å². The fraction of sp³-hybridized carbons (Fsp3) is 0.250. The lowest BCUT2D eigenvalue weighted by Gasteiger charge is -2.16. The van der Waals surface area contributed by atoms with Crippen molar-refractivity contribution in [1.82, 2.24) is 0 Å². The van der Waals surface area contributed by atoms with Crippen LogP contribution in [0.5, 0.6) is 0 Å². The van der Waals surface area contributed by atoms with E-state index in [-0.39, 0.29) is 11.9 Å². The monoisotopic (exact) mass is 261 g/mol. The van der Waals surface area contributed by atoms with Crippen molar-refractivity contribution in [1.29, 1.82) is 0 Å². The summed E-state index contributed by atoms with van der Waals surface area (Å²) >= 11 is -0.0642. The molecule has 0 aliphatic carbocycles. The van der Waals surface area contributed by atoms with E-state index in [2.05, 4.69) is 0 Å². The zero-order valence-corrected chi connectivity index (χ0v) is 8.30. The predicted molar refractivity (Wildman–Crippen MR) is 46.5 cm³/mol. The molecule has 0 fully saturated rings. The molecular weight excluding hydrogens is 256 g/mol. The normalized spacial score (nSPS) is 12.9. The molecular formula is C8H5F6NS. The van der Waals surface area contributed by atoms with Crippen LogP contribution in [-0.2, 0) is 12.4 Å². The Morgan fingerprint density at radius 1 is 0.875 bits per heavy atom. The van der Waals surface area contributed by atoms with Crippen molar-refractivity contribution in [2.45, 2.75) is 17.2 Å². The van der Waals surface area contributed by atoms with Gasteiger partial charge in [-0.25, -0.2) is 0 Å².